The summed E-state index contributed by atoms with van der Waals surface area (Å²) in [5.41, 5.74) is 0. The molecule has 0 fully saturated rings. The number of rotatable bonds is 9. The van der Waals surface area contributed by atoms with Gasteiger partial charge in [0.15, 0.2) is 5.78 Å². The minimum absolute atomic E-state index is 0. The topological polar surface area (TPSA) is 41.1 Å². The quantitative estimate of drug-likeness (QED) is 0.312. The van der Waals surface area contributed by atoms with Crippen LogP contribution in [0.15, 0.2) is 0 Å². The normalized spacial score (nSPS) is 10.7. The Morgan fingerprint density at radius 3 is 2.05 bits per heavy atom. The number of likely N-dealkylation sites (N-methyl/N-ethyl adjacent to an activating group) is 1. The Morgan fingerprint density at radius 1 is 1.16 bits per heavy atom. The summed E-state index contributed by atoms with van der Waals surface area (Å²) < 4.78 is 0. The Balaban J connectivity index is -0.000000267. The second-order valence-electron chi connectivity index (χ2n) is 4.14. The van der Waals surface area contributed by atoms with Gasteiger partial charge in [-0.25, -0.2) is 0 Å². The van der Waals surface area contributed by atoms with E-state index in [4.69, 9.17) is 0 Å². The zero-order valence-corrected chi connectivity index (χ0v) is 19.2. The van der Waals surface area contributed by atoms with Gasteiger partial charge in [-0.2, -0.15) is 6.92 Å². The molecule has 0 radical (unpaired) electrons. The number of carbonyl (C=O) groups excluding carboxylic acids is 1. The predicted octanol–water partition coefficient (Wildman–Crippen LogP) is 2.76. The summed E-state index contributed by atoms with van der Waals surface area (Å²) in [5.74, 6) is 0.456. The minimum atomic E-state index is 0. The molecule has 5 heteroatoms. The van der Waals surface area contributed by atoms with Crippen LogP contribution in [0, 0.1) is 12.5 Å². The molecule has 1 unspecified atom stereocenters. The van der Waals surface area contributed by atoms with Gasteiger partial charge in [-0.05, 0) is 26.4 Å². The fourth-order valence-electron chi connectivity index (χ4n) is 1.55. The predicted molar refractivity (Wildman–Crippen MR) is 75.9 cm³/mol. The average Bonchev–Trinajstić information content (AvgIpc) is 2.35. The Bertz CT molecular complexity index is 179. The van der Waals surface area contributed by atoms with Crippen LogP contribution in [-0.4, -0.2) is 25.4 Å². The van der Waals surface area contributed by atoms with Crippen LogP contribution < -0.4 is 10.6 Å². The first-order valence-electron chi connectivity index (χ1n) is 6.85. The molecule has 0 aromatic carbocycles. The third kappa shape index (κ3) is 16.9. The molecule has 0 bridgehead atoms. The SMILES string of the molecule is CC.C[CH-]NCCCCC(NC)C(=O)C(C)C.[W].[W]. The van der Waals surface area contributed by atoms with E-state index in [9.17, 15) is 4.79 Å². The van der Waals surface area contributed by atoms with E-state index >= 15 is 0 Å². The molecule has 0 aliphatic rings. The van der Waals surface area contributed by atoms with E-state index < -0.39 is 0 Å². The first-order valence-corrected chi connectivity index (χ1v) is 6.85. The first kappa shape index (κ1) is 28.2. The van der Waals surface area contributed by atoms with Crippen molar-refractivity contribution in [1.29, 1.82) is 0 Å². The van der Waals surface area contributed by atoms with Crippen LogP contribution in [0.3, 0.4) is 0 Å². The Kier molecular flexibility index (Phi) is 31.5. The first-order chi connectivity index (χ1) is 8.13. The zero-order valence-electron chi connectivity index (χ0n) is 13.3. The second-order valence-corrected chi connectivity index (χ2v) is 4.14. The molecule has 0 rings (SSSR count). The van der Waals surface area contributed by atoms with Gasteiger partial charge in [-0.3, -0.25) is 11.3 Å². The average molecular weight is 611 g/mol. The van der Waals surface area contributed by atoms with E-state index in [0.717, 1.165) is 25.8 Å². The summed E-state index contributed by atoms with van der Waals surface area (Å²) in [4.78, 5) is 11.7. The summed E-state index contributed by atoms with van der Waals surface area (Å²) in [6.45, 7) is 12.9. The number of ketones is 1. The Morgan fingerprint density at radius 2 is 1.68 bits per heavy atom. The summed E-state index contributed by atoms with van der Waals surface area (Å²) in [7, 11) is 1.86. The van der Waals surface area contributed by atoms with Crippen molar-refractivity contribution in [3.63, 3.8) is 0 Å². The Hall–Kier alpha value is 0.967. The van der Waals surface area contributed by atoms with Crippen molar-refractivity contribution in [2.45, 2.75) is 59.9 Å². The third-order valence-corrected chi connectivity index (χ3v) is 2.53. The summed E-state index contributed by atoms with van der Waals surface area (Å²) in [6.07, 6.45) is 3.15. The number of hydrogen-bond donors (Lipinski definition) is 2. The summed E-state index contributed by atoms with van der Waals surface area (Å²) >= 11 is 0. The monoisotopic (exact) mass is 611 g/mol. The van der Waals surface area contributed by atoms with E-state index in [2.05, 4.69) is 10.6 Å². The van der Waals surface area contributed by atoms with Gasteiger partial charge in [0.25, 0.3) is 0 Å². The van der Waals surface area contributed by atoms with Crippen LogP contribution in [0.1, 0.15) is 53.9 Å². The Labute approximate surface area is 149 Å². The van der Waals surface area contributed by atoms with Crippen LogP contribution in [0.4, 0.5) is 0 Å². The number of nitrogens with one attached hydrogen (secondary N) is 2. The van der Waals surface area contributed by atoms with E-state index in [1.54, 1.807) is 0 Å². The fourth-order valence-corrected chi connectivity index (χ4v) is 1.55. The van der Waals surface area contributed by atoms with E-state index in [1.165, 1.54) is 0 Å². The largest absolute Gasteiger partial charge is 0.470 e. The van der Waals surface area contributed by atoms with Gasteiger partial charge in [0.2, 0.25) is 0 Å². The maximum absolute atomic E-state index is 11.7. The maximum atomic E-state index is 11.7. The molecule has 0 aliphatic carbocycles. The van der Waals surface area contributed by atoms with Gasteiger partial charge < -0.3 is 10.6 Å². The molecule has 2 N–H and O–H groups in total. The van der Waals surface area contributed by atoms with Gasteiger partial charge in [-0.1, -0.05) is 34.1 Å². The molecule has 0 saturated carbocycles. The van der Waals surface area contributed by atoms with Crippen LogP contribution in [0.5, 0.6) is 0 Å². The van der Waals surface area contributed by atoms with Crippen LogP contribution in [0.25, 0.3) is 0 Å². The van der Waals surface area contributed by atoms with Crippen molar-refractivity contribution >= 4 is 5.78 Å². The molecule has 0 heterocycles. The van der Waals surface area contributed by atoms with Gasteiger partial charge in [0, 0.05) is 48.0 Å². The summed E-state index contributed by atoms with van der Waals surface area (Å²) in [6, 6.07) is 0.0376. The van der Waals surface area contributed by atoms with Crippen molar-refractivity contribution in [3.8, 4) is 0 Å². The second kappa shape index (κ2) is 21.3. The molecule has 19 heavy (non-hydrogen) atoms. The molecule has 0 saturated heterocycles. The number of Topliss-reactive ketones (excluding diaryl/α,β-unsaturated/α-hetero) is 1. The smallest absolute Gasteiger partial charge is 0.152 e. The fraction of sp³-hybridized carbons (Fsp3) is 0.857. The van der Waals surface area contributed by atoms with Crippen molar-refractivity contribution in [1.82, 2.24) is 10.6 Å². The van der Waals surface area contributed by atoms with E-state index in [1.807, 2.05) is 48.2 Å². The van der Waals surface area contributed by atoms with E-state index in [-0.39, 0.29) is 54.1 Å². The number of unbranched alkanes of at least 4 members (excludes halogenated alkanes) is 1. The summed E-state index contributed by atoms with van der Waals surface area (Å²) in [5, 5.41) is 6.26. The maximum Gasteiger partial charge on any atom is 0.152 e. The van der Waals surface area contributed by atoms with Gasteiger partial charge in [0.1, 0.15) is 0 Å². The number of carbonyl (C=O) groups is 1. The van der Waals surface area contributed by atoms with Crippen molar-refractivity contribution in [3.05, 3.63) is 6.54 Å². The van der Waals surface area contributed by atoms with Crippen LogP contribution in [-0.2, 0) is 46.9 Å². The minimum Gasteiger partial charge on any atom is -0.470 e. The molecule has 1 atom stereocenters. The molecular weight excluding hydrogens is 580 g/mol. The standard InChI is InChI=1S/C12H25N2O.C2H6.2W/c1-5-14-9-7-6-8-11(13-4)12(15)10(2)3;1-2;;/h5,10-11,13-14H,6-9H2,1-4H3;1-2H3;;/q-1;;;. The molecular formula is C14H31N2OW2-. The van der Waals surface area contributed by atoms with Gasteiger partial charge in [-0.15, -0.1) is 0 Å². The van der Waals surface area contributed by atoms with Gasteiger partial charge in [0.05, 0.1) is 6.04 Å². The molecule has 0 aliphatic heterocycles. The third-order valence-electron chi connectivity index (χ3n) is 2.53. The van der Waals surface area contributed by atoms with Crippen LogP contribution in [0.2, 0.25) is 0 Å². The molecule has 0 aromatic rings. The zero-order chi connectivity index (χ0) is 13.7. The van der Waals surface area contributed by atoms with Crippen molar-refractivity contribution < 1.29 is 46.9 Å². The van der Waals surface area contributed by atoms with Gasteiger partial charge >= 0.3 is 0 Å². The number of hydrogen-bond acceptors (Lipinski definition) is 3. The molecule has 116 valence electrons. The molecule has 0 spiro atoms. The molecule has 0 amide bonds. The van der Waals surface area contributed by atoms with Crippen molar-refractivity contribution in [2.24, 2.45) is 5.92 Å². The molecule has 0 aromatic heterocycles. The van der Waals surface area contributed by atoms with Crippen LogP contribution >= 0.6 is 0 Å². The van der Waals surface area contributed by atoms with Crippen molar-refractivity contribution in [2.75, 3.05) is 13.6 Å². The molecule has 3 nitrogen and oxygen atoms in total. The van der Waals surface area contributed by atoms with E-state index in [0.29, 0.717) is 5.78 Å².